The Hall–Kier alpha value is -2.86. The Bertz CT molecular complexity index is 920. The van der Waals surface area contributed by atoms with E-state index in [-0.39, 0.29) is 12.3 Å². The zero-order valence-corrected chi connectivity index (χ0v) is 13.6. The number of esters is 1. The second kappa shape index (κ2) is 6.72. The quantitative estimate of drug-likeness (QED) is 0.712. The van der Waals surface area contributed by atoms with Crippen LogP contribution in [0.15, 0.2) is 42.7 Å². The second-order valence-electron chi connectivity index (χ2n) is 5.17. The normalized spacial score (nSPS) is 10.6. The number of aromatic amines is 1. The summed E-state index contributed by atoms with van der Waals surface area (Å²) in [4.78, 5) is 31.0. The Kier molecular flexibility index (Phi) is 4.48. The van der Waals surface area contributed by atoms with Crippen molar-refractivity contribution in [2.75, 3.05) is 12.4 Å². The minimum absolute atomic E-state index is 0.174. The average Bonchev–Trinajstić information content (AvgIpc) is 3.03. The first-order chi connectivity index (χ1) is 11.6. The minimum atomic E-state index is -0.494. The van der Waals surface area contributed by atoms with Gasteiger partial charge in [0.05, 0.1) is 47.2 Å². The molecule has 0 aliphatic carbocycles. The lowest BCUT2D eigenvalue weighted by molar-refractivity contribution is -0.115. The number of ether oxygens (including phenoxy) is 1. The van der Waals surface area contributed by atoms with Crippen molar-refractivity contribution in [2.24, 2.45) is 0 Å². The molecule has 7 heteroatoms. The van der Waals surface area contributed by atoms with Gasteiger partial charge < -0.3 is 15.0 Å². The standard InChI is InChI=1S/C17H14ClN3O3/c1-24-17(23)11-3-4-12(18)14(8-11)21-16(22)7-10-2-5-13-15(6-10)20-9-19-13/h2-6,8-9H,7H2,1H3,(H,19,20)(H,21,22). The van der Waals surface area contributed by atoms with Crippen molar-refractivity contribution in [2.45, 2.75) is 6.42 Å². The molecule has 0 aliphatic rings. The Balaban J connectivity index is 1.75. The van der Waals surface area contributed by atoms with E-state index in [2.05, 4.69) is 20.0 Å². The van der Waals surface area contributed by atoms with E-state index in [1.54, 1.807) is 12.4 Å². The molecule has 0 radical (unpaired) electrons. The van der Waals surface area contributed by atoms with E-state index < -0.39 is 5.97 Å². The number of halogens is 1. The summed E-state index contributed by atoms with van der Waals surface area (Å²) in [6.45, 7) is 0. The number of methoxy groups -OCH3 is 1. The van der Waals surface area contributed by atoms with Gasteiger partial charge >= 0.3 is 5.97 Å². The molecule has 3 rings (SSSR count). The van der Waals surface area contributed by atoms with Crippen molar-refractivity contribution in [3.63, 3.8) is 0 Å². The van der Waals surface area contributed by atoms with E-state index in [1.807, 2.05) is 18.2 Å². The molecule has 0 atom stereocenters. The maximum atomic E-state index is 12.2. The van der Waals surface area contributed by atoms with Crippen LogP contribution in [0.2, 0.25) is 5.02 Å². The predicted molar refractivity (Wildman–Crippen MR) is 91.2 cm³/mol. The smallest absolute Gasteiger partial charge is 0.337 e. The fourth-order valence-electron chi connectivity index (χ4n) is 2.34. The number of benzene rings is 2. The van der Waals surface area contributed by atoms with Crippen molar-refractivity contribution in [1.82, 2.24) is 9.97 Å². The lowest BCUT2D eigenvalue weighted by Gasteiger charge is -2.09. The van der Waals surface area contributed by atoms with Gasteiger partial charge in [0.2, 0.25) is 5.91 Å². The molecule has 6 nitrogen and oxygen atoms in total. The zero-order chi connectivity index (χ0) is 17.1. The number of hydrogen-bond donors (Lipinski definition) is 2. The van der Waals surface area contributed by atoms with Gasteiger partial charge in [-0.1, -0.05) is 17.7 Å². The van der Waals surface area contributed by atoms with Crippen LogP contribution in [0, 0.1) is 0 Å². The number of hydrogen-bond acceptors (Lipinski definition) is 4. The highest BCUT2D eigenvalue weighted by Gasteiger charge is 2.12. The van der Waals surface area contributed by atoms with Gasteiger partial charge in [0.1, 0.15) is 0 Å². The van der Waals surface area contributed by atoms with Crippen LogP contribution in [0.5, 0.6) is 0 Å². The molecule has 1 amide bonds. The van der Waals surface area contributed by atoms with Gasteiger partial charge in [0.15, 0.2) is 0 Å². The molecule has 0 unspecified atom stereocenters. The van der Waals surface area contributed by atoms with Crippen molar-refractivity contribution in [3.8, 4) is 0 Å². The predicted octanol–water partition coefficient (Wildman–Crippen LogP) is 3.18. The van der Waals surface area contributed by atoms with Crippen molar-refractivity contribution in [3.05, 3.63) is 58.9 Å². The number of amides is 1. The van der Waals surface area contributed by atoms with Crippen LogP contribution >= 0.6 is 11.6 Å². The molecule has 0 saturated heterocycles. The van der Waals surface area contributed by atoms with Gasteiger partial charge in [0, 0.05) is 0 Å². The summed E-state index contributed by atoms with van der Waals surface area (Å²) in [6, 6.07) is 10.1. The van der Waals surface area contributed by atoms with Crippen molar-refractivity contribution in [1.29, 1.82) is 0 Å². The summed E-state index contributed by atoms with van der Waals surface area (Å²) in [5, 5.41) is 3.06. The maximum Gasteiger partial charge on any atom is 0.337 e. The topological polar surface area (TPSA) is 84.1 Å². The van der Waals surface area contributed by atoms with Crippen LogP contribution in [0.4, 0.5) is 5.69 Å². The number of imidazole rings is 1. The maximum absolute atomic E-state index is 12.2. The number of carbonyl (C=O) groups is 2. The number of fused-ring (bicyclic) bond motifs is 1. The highest BCUT2D eigenvalue weighted by Crippen LogP contribution is 2.24. The molecule has 2 aromatic carbocycles. The molecule has 0 aliphatic heterocycles. The van der Waals surface area contributed by atoms with E-state index in [1.165, 1.54) is 19.2 Å². The fourth-order valence-corrected chi connectivity index (χ4v) is 2.50. The summed E-state index contributed by atoms with van der Waals surface area (Å²) in [6.07, 6.45) is 1.78. The third-order valence-corrected chi connectivity index (χ3v) is 3.84. The molecule has 3 aromatic rings. The van der Waals surface area contributed by atoms with Crippen molar-refractivity contribution < 1.29 is 14.3 Å². The van der Waals surface area contributed by atoms with Crippen LogP contribution in [0.1, 0.15) is 15.9 Å². The molecule has 0 spiro atoms. The molecule has 1 aromatic heterocycles. The molecule has 1 heterocycles. The monoisotopic (exact) mass is 343 g/mol. The molecule has 122 valence electrons. The van der Waals surface area contributed by atoms with E-state index in [0.29, 0.717) is 16.3 Å². The molecule has 0 saturated carbocycles. The number of rotatable bonds is 4. The summed E-state index contributed by atoms with van der Waals surface area (Å²) in [5.41, 5.74) is 3.23. The third kappa shape index (κ3) is 3.38. The van der Waals surface area contributed by atoms with Crippen LogP contribution in [-0.4, -0.2) is 29.0 Å². The van der Waals surface area contributed by atoms with Crippen molar-refractivity contribution >= 4 is 40.2 Å². The van der Waals surface area contributed by atoms with Gasteiger partial charge in [0.25, 0.3) is 0 Å². The van der Waals surface area contributed by atoms with Crippen LogP contribution in [-0.2, 0) is 16.0 Å². The van der Waals surface area contributed by atoms with E-state index in [9.17, 15) is 9.59 Å². The van der Waals surface area contributed by atoms with Crippen LogP contribution in [0.3, 0.4) is 0 Å². The van der Waals surface area contributed by atoms with E-state index in [4.69, 9.17) is 11.6 Å². The number of aromatic nitrogens is 2. The lowest BCUT2D eigenvalue weighted by Crippen LogP contribution is -2.15. The first-order valence-electron chi connectivity index (χ1n) is 7.16. The Labute approximate surface area is 142 Å². The van der Waals surface area contributed by atoms with Crippen LogP contribution in [0.25, 0.3) is 11.0 Å². The summed E-state index contributed by atoms with van der Waals surface area (Å²) in [7, 11) is 1.29. The highest BCUT2D eigenvalue weighted by atomic mass is 35.5. The number of nitrogens with zero attached hydrogens (tertiary/aromatic N) is 1. The third-order valence-electron chi connectivity index (χ3n) is 3.51. The molecule has 0 fully saturated rings. The number of carbonyl (C=O) groups excluding carboxylic acids is 2. The number of anilines is 1. The average molecular weight is 344 g/mol. The van der Waals surface area contributed by atoms with Gasteiger partial charge in [-0.2, -0.15) is 0 Å². The SMILES string of the molecule is COC(=O)c1ccc(Cl)c(NC(=O)Cc2ccc3nc[nH]c3c2)c1. The molecular weight excluding hydrogens is 330 g/mol. The largest absolute Gasteiger partial charge is 0.465 e. The fraction of sp³-hybridized carbons (Fsp3) is 0.118. The van der Waals surface area contributed by atoms with Gasteiger partial charge in [-0.15, -0.1) is 0 Å². The first kappa shape index (κ1) is 16.0. The van der Waals surface area contributed by atoms with Gasteiger partial charge in [-0.3, -0.25) is 4.79 Å². The Morgan fingerprint density at radius 3 is 2.88 bits per heavy atom. The van der Waals surface area contributed by atoms with E-state index >= 15 is 0 Å². The lowest BCUT2D eigenvalue weighted by atomic mass is 10.1. The van der Waals surface area contributed by atoms with Gasteiger partial charge in [-0.05, 0) is 35.9 Å². The molecule has 0 bridgehead atoms. The van der Waals surface area contributed by atoms with E-state index in [0.717, 1.165) is 16.6 Å². The first-order valence-corrected chi connectivity index (χ1v) is 7.54. The summed E-state index contributed by atoms with van der Waals surface area (Å²) in [5.74, 6) is -0.732. The Morgan fingerprint density at radius 2 is 2.08 bits per heavy atom. The minimum Gasteiger partial charge on any atom is -0.465 e. The Morgan fingerprint density at radius 1 is 1.25 bits per heavy atom. The highest BCUT2D eigenvalue weighted by molar-refractivity contribution is 6.33. The second-order valence-corrected chi connectivity index (χ2v) is 5.57. The zero-order valence-electron chi connectivity index (χ0n) is 12.8. The summed E-state index contributed by atoms with van der Waals surface area (Å²) < 4.78 is 4.66. The molecule has 24 heavy (non-hydrogen) atoms. The summed E-state index contributed by atoms with van der Waals surface area (Å²) >= 11 is 6.07. The molecule has 2 N–H and O–H groups in total. The number of nitrogens with one attached hydrogen (secondary N) is 2. The number of H-pyrrole nitrogens is 1. The van der Waals surface area contributed by atoms with Gasteiger partial charge in [-0.25, -0.2) is 9.78 Å². The molecular formula is C17H14ClN3O3. The van der Waals surface area contributed by atoms with Crippen LogP contribution < -0.4 is 5.32 Å².